The fourth-order valence-electron chi connectivity index (χ4n) is 1.91. The van der Waals surface area contributed by atoms with Crippen LogP contribution in [0, 0.1) is 5.92 Å². The average Bonchev–Trinajstić information content (AvgIpc) is 3.29. The van der Waals surface area contributed by atoms with Gasteiger partial charge < -0.3 is 11.1 Å². The molecule has 0 saturated heterocycles. The fourth-order valence-corrected chi connectivity index (χ4v) is 2.64. The van der Waals surface area contributed by atoms with Crippen LogP contribution in [0.15, 0.2) is 29.2 Å². The third-order valence-corrected chi connectivity index (χ3v) is 4.85. The number of halogens is 1. The molecule has 118 valence electrons. The van der Waals surface area contributed by atoms with Gasteiger partial charge in [0.15, 0.2) is 0 Å². The molecule has 1 saturated carbocycles. The second-order valence-corrected chi connectivity index (χ2v) is 6.83. The van der Waals surface area contributed by atoms with Gasteiger partial charge in [-0.15, -0.1) is 12.4 Å². The molecule has 0 aliphatic heterocycles. The summed E-state index contributed by atoms with van der Waals surface area (Å²) >= 11 is 0. The monoisotopic (exact) mass is 333 g/mol. The summed E-state index contributed by atoms with van der Waals surface area (Å²) in [5.74, 6) is 0.285. The van der Waals surface area contributed by atoms with Crippen LogP contribution in [0.2, 0.25) is 0 Å². The topological polar surface area (TPSA) is 101 Å². The van der Waals surface area contributed by atoms with Crippen LogP contribution >= 0.6 is 12.4 Å². The zero-order valence-electron chi connectivity index (χ0n) is 11.7. The first kappa shape index (κ1) is 17.9. The van der Waals surface area contributed by atoms with E-state index >= 15 is 0 Å². The molecule has 1 amide bonds. The average molecular weight is 334 g/mol. The Balaban J connectivity index is 0.00000220. The van der Waals surface area contributed by atoms with E-state index in [0.29, 0.717) is 18.0 Å². The molecule has 0 bridgehead atoms. The molecule has 0 aromatic heterocycles. The number of carbonyl (C=O) groups is 1. The third kappa shape index (κ3) is 4.67. The Bertz CT molecular complexity index is 585. The van der Waals surface area contributed by atoms with Gasteiger partial charge >= 0.3 is 0 Å². The molecule has 1 fully saturated rings. The predicted octanol–water partition coefficient (Wildman–Crippen LogP) is 0.484. The van der Waals surface area contributed by atoms with Crippen molar-refractivity contribution >= 4 is 28.3 Å². The van der Waals surface area contributed by atoms with Gasteiger partial charge in [-0.1, -0.05) is 0 Å². The normalized spacial score (nSPS) is 15.9. The summed E-state index contributed by atoms with van der Waals surface area (Å²) in [4.78, 5) is 12.0. The minimum Gasteiger partial charge on any atom is -0.350 e. The fraction of sp³-hybridized carbons (Fsp3) is 0.462. The molecular formula is C13H20ClN3O3S. The van der Waals surface area contributed by atoms with Gasteiger partial charge in [-0.05, 0) is 50.1 Å². The number of nitrogens with two attached hydrogens (primary N) is 1. The maximum absolute atomic E-state index is 11.9. The van der Waals surface area contributed by atoms with Crippen LogP contribution in [0.4, 0.5) is 0 Å². The Hall–Kier alpha value is -1.15. The van der Waals surface area contributed by atoms with E-state index < -0.39 is 10.0 Å². The van der Waals surface area contributed by atoms with E-state index in [4.69, 9.17) is 5.73 Å². The predicted molar refractivity (Wildman–Crippen MR) is 83.0 cm³/mol. The summed E-state index contributed by atoms with van der Waals surface area (Å²) in [6, 6.07) is 5.79. The molecule has 1 aromatic rings. The lowest BCUT2D eigenvalue weighted by Crippen LogP contribution is -2.38. The maximum Gasteiger partial charge on any atom is 0.251 e. The van der Waals surface area contributed by atoms with Gasteiger partial charge in [0.25, 0.3) is 5.91 Å². The van der Waals surface area contributed by atoms with Gasteiger partial charge in [-0.2, -0.15) is 0 Å². The number of hydrogen-bond donors (Lipinski definition) is 3. The summed E-state index contributed by atoms with van der Waals surface area (Å²) in [6.07, 6.45) is 2.27. The van der Waals surface area contributed by atoms with Crippen molar-refractivity contribution in [3.8, 4) is 0 Å². The van der Waals surface area contributed by atoms with Crippen molar-refractivity contribution in [2.45, 2.75) is 23.8 Å². The van der Waals surface area contributed by atoms with E-state index in [1.165, 1.54) is 31.3 Å². The molecule has 2 rings (SSSR count). The second-order valence-electron chi connectivity index (χ2n) is 4.94. The van der Waals surface area contributed by atoms with Crippen LogP contribution in [-0.4, -0.2) is 34.0 Å². The van der Waals surface area contributed by atoms with E-state index in [1.807, 2.05) is 0 Å². The Kier molecular flexibility index (Phi) is 6.15. The van der Waals surface area contributed by atoms with Crippen molar-refractivity contribution in [1.29, 1.82) is 0 Å². The molecule has 6 nitrogen and oxygen atoms in total. The first-order valence-corrected chi connectivity index (χ1v) is 8.00. The highest BCUT2D eigenvalue weighted by Gasteiger charge is 2.28. The zero-order valence-corrected chi connectivity index (χ0v) is 13.3. The molecular weight excluding hydrogens is 314 g/mol. The number of benzene rings is 1. The summed E-state index contributed by atoms with van der Waals surface area (Å²) in [6.45, 7) is 0.445. The summed E-state index contributed by atoms with van der Waals surface area (Å²) in [5.41, 5.74) is 6.32. The number of rotatable bonds is 6. The van der Waals surface area contributed by atoms with Crippen molar-refractivity contribution in [2.24, 2.45) is 11.7 Å². The van der Waals surface area contributed by atoms with Gasteiger partial charge in [0.1, 0.15) is 0 Å². The van der Waals surface area contributed by atoms with Crippen molar-refractivity contribution in [2.75, 3.05) is 13.6 Å². The summed E-state index contributed by atoms with van der Waals surface area (Å²) in [5, 5.41) is 2.76. The SMILES string of the molecule is CNS(=O)(=O)c1ccc(C(=O)NCC(N)C2CC2)cc1.Cl. The minimum atomic E-state index is -3.47. The van der Waals surface area contributed by atoms with Crippen LogP contribution in [0.3, 0.4) is 0 Å². The van der Waals surface area contributed by atoms with E-state index in [0.717, 1.165) is 12.8 Å². The highest BCUT2D eigenvalue weighted by Crippen LogP contribution is 2.31. The minimum absolute atomic E-state index is 0. The van der Waals surface area contributed by atoms with Crippen molar-refractivity contribution in [1.82, 2.24) is 10.0 Å². The highest BCUT2D eigenvalue weighted by molar-refractivity contribution is 7.89. The van der Waals surface area contributed by atoms with Crippen molar-refractivity contribution < 1.29 is 13.2 Å². The molecule has 8 heteroatoms. The van der Waals surface area contributed by atoms with Crippen molar-refractivity contribution in [3.63, 3.8) is 0 Å². The summed E-state index contributed by atoms with van der Waals surface area (Å²) < 4.78 is 25.3. The van der Waals surface area contributed by atoms with Gasteiger partial charge in [0.2, 0.25) is 10.0 Å². The van der Waals surface area contributed by atoms with Crippen LogP contribution in [0.25, 0.3) is 0 Å². The summed E-state index contributed by atoms with van der Waals surface area (Å²) in [7, 11) is -2.13. The molecule has 0 heterocycles. The largest absolute Gasteiger partial charge is 0.350 e. The maximum atomic E-state index is 11.9. The Morgan fingerprint density at radius 1 is 1.33 bits per heavy atom. The standard InChI is InChI=1S/C13H19N3O3S.ClH/c1-15-20(18,19)11-6-4-10(5-7-11)13(17)16-8-12(14)9-2-3-9;/h4-7,9,12,15H,2-3,8,14H2,1H3,(H,16,17);1H. The van der Waals surface area contributed by atoms with E-state index in [9.17, 15) is 13.2 Å². The lowest BCUT2D eigenvalue weighted by Gasteiger charge is -2.11. The van der Waals surface area contributed by atoms with E-state index in [-0.39, 0.29) is 29.3 Å². The number of carbonyl (C=O) groups excluding carboxylic acids is 1. The van der Waals surface area contributed by atoms with E-state index in [2.05, 4.69) is 10.0 Å². The lowest BCUT2D eigenvalue weighted by atomic mass is 10.2. The van der Waals surface area contributed by atoms with Crippen LogP contribution in [0.5, 0.6) is 0 Å². The number of amides is 1. The van der Waals surface area contributed by atoms with Crippen molar-refractivity contribution in [3.05, 3.63) is 29.8 Å². The molecule has 1 aromatic carbocycles. The Labute approximate surface area is 130 Å². The number of sulfonamides is 1. The lowest BCUT2D eigenvalue weighted by molar-refractivity contribution is 0.0950. The quantitative estimate of drug-likeness (QED) is 0.705. The molecule has 1 atom stereocenters. The first-order valence-electron chi connectivity index (χ1n) is 6.51. The zero-order chi connectivity index (χ0) is 14.8. The van der Waals surface area contributed by atoms with Crippen LogP contribution in [0.1, 0.15) is 23.2 Å². The molecule has 1 aliphatic rings. The third-order valence-electron chi connectivity index (χ3n) is 3.42. The second kappa shape index (κ2) is 7.22. The molecule has 0 radical (unpaired) electrons. The van der Waals surface area contributed by atoms with E-state index in [1.54, 1.807) is 0 Å². The molecule has 0 spiro atoms. The molecule has 4 N–H and O–H groups in total. The number of hydrogen-bond acceptors (Lipinski definition) is 4. The highest BCUT2D eigenvalue weighted by atomic mass is 35.5. The number of nitrogens with one attached hydrogen (secondary N) is 2. The Morgan fingerprint density at radius 2 is 1.90 bits per heavy atom. The van der Waals surface area contributed by atoms with Gasteiger partial charge in [-0.3, -0.25) is 4.79 Å². The molecule has 1 unspecified atom stereocenters. The van der Waals surface area contributed by atoms with Gasteiger partial charge in [-0.25, -0.2) is 13.1 Å². The molecule has 21 heavy (non-hydrogen) atoms. The van der Waals surface area contributed by atoms with Gasteiger partial charge in [0, 0.05) is 18.2 Å². The van der Waals surface area contributed by atoms with Crippen LogP contribution in [-0.2, 0) is 10.0 Å². The first-order chi connectivity index (χ1) is 9.44. The van der Waals surface area contributed by atoms with Gasteiger partial charge in [0.05, 0.1) is 4.90 Å². The Morgan fingerprint density at radius 3 is 2.38 bits per heavy atom. The van der Waals surface area contributed by atoms with Crippen LogP contribution < -0.4 is 15.8 Å². The molecule has 1 aliphatic carbocycles. The smallest absolute Gasteiger partial charge is 0.251 e.